The van der Waals surface area contributed by atoms with Gasteiger partial charge in [0, 0.05) is 13.0 Å². The van der Waals surface area contributed by atoms with Gasteiger partial charge in [-0.1, -0.05) is 35.5 Å². The molecule has 3 rings (SSSR count). The van der Waals surface area contributed by atoms with Gasteiger partial charge in [-0.25, -0.2) is 0 Å². The fourth-order valence-corrected chi connectivity index (χ4v) is 2.75. The highest BCUT2D eigenvalue weighted by Crippen LogP contribution is 2.31. The SMILES string of the molecule is Nc1noc(CCC2CCCCO2)c1-c1ccccc1. The predicted molar refractivity (Wildman–Crippen MR) is 78.3 cm³/mol. The molecule has 1 unspecified atom stereocenters. The molecular formula is C16H20N2O2. The van der Waals surface area contributed by atoms with Gasteiger partial charge in [0.1, 0.15) is 5.76 Å². The standard InChI is InChI=1S/C16H20N2O2/c17-16-15(12-6-2-1-3-7-12)14(20-18-16)10-9-13-8-4-5-11-19-13/h1-3,6-7,13H,4-5,8-11H2,(H2,17,18). The average Bonchev–Trinajstić information content (AvgIpc) is 2.88. The average molecular weight is 272 g/mol. The number of hydrogen-bond acceptors (Lipinski definition) is 4. The van der Waals surface area contributed by atoms with Gasteiger partial charge < -0.3 is 15.0 Å². The van der Waals surface area contributed by atoms with Crippen LogP contribution in [-0.2, 0) is 11.2 Å². The van der Waals surface area contributed by atoms with E-state index in [1.54, 1.807) is 0 Å². The lowest BCUT2D eigenvalue weighted by Crippen LogP contribution is -2.19. The molecule has 4 nitrogen and oxygen atoms in total. The van der Waals surface area contributed by atoms with Crippen molar-refractivity contribution in [2.45, 2.75) is 38.2 Å². The van der Waals surface area contributed by atoms with E-state index in [9.17, 15) is 0 Å². The van der Waals surface area contributed by atoms with Gasteiger partial charge in [0.05, 0.1) is 11.7 Å². The maximum absolute atomic E-state index is 5.95. The summed E-state index contributed by atoms with van der Waals surface area (Å²) in [7, 11) is 0. The zero-order valence-corrected chi connectivity index (χ0v) is 11.5. The van der Waals surface area contributed by atoms with E-state index < -0.39 is 0 Å². The van der Waals surface area contributed by atoms with Crippen LogP contribution >= 0.6 is 0 Å². The van der Waals surface area contributed by atoms with Gasteiger partial charge in [-0.3, -0.25) is 0 Å². The highest BCUT2D eigenvalue weighted by Gasteiger charge is 2.19. The Morgan fingerprint density at radius 2 is 2.05 bits per heavy atom. The lowest BCUT2D eigenvalue weighted by Gasteiger charge is -2.22. The van der Waals surface area contributed by atoms with Crippen LogP contribution in [0.15, 0.2) is 34.9 Å². The fraction of sp³-hybridized carbons (Fsp3) is 0.438. The van der Waals surface area contributed by atoms with Crippen molar-refractivity contribution in [2.24, 2.45) is 0 Å². The van der Waals surface area contributed by atoms with Crippen molar-refractivity contribution in [2.75, 3.05) is 12.3 Å². The van der Waals surface area contributed by atoms with Crippen molar-refractivity contribution < 1.29 is 9.26 Å². The third-order valence-corrected chi connectivity index (χ3v) is 3.82. The van der Waals surface area contributed by atoms with Crippen LogP contribution in [0.25, 0.3) is 11.1 Å². The minimum absolute atomic E-state index is 0.346. The van der Waals surface area contributed by atoms with E-state index in [-0.39, 0.29) is 0 Å². The lowest BCUT2D eigenvalue weighted by atomic mass is 10.00. The van der Waals surface area contributed by atoms with Crippen LogP contribution in [0, 0.1) is 0 Å². The molecule has 0 saturated carbocycles. The molecule has 1 saturated heterocycles. The van der Waals surface area contributed by atoms with E-state index in [4.69, 9.17) is 15.0 Å². The highest BCUT2D eigenvalue weighted by molar-refractivity contribution is 5.75. The Morgan fingerprint density at radius 3 is 2.80 bits per heavy atom. The topological polar surface area (TPSA) is 61.3 Å². The maximum atomic E-state index is 5.95. The number of rotatable bonds is 4. The Hall–Kier alpha value is -1.81. The molecule has 4 heteroatoms. The summed E-state index contributed by atoms with van der Waals surface area (Å²) in [6, 6.07) is 10.0. The zero-order valence-electron chi connectivity index (χ0n) is 11.5. The van der Waals surface area contributed by atoms with Crippen LogP contribution in [0.2, 0.25) is 0 Å². The number of benzene rings is 1. The number of aryl methyl sites for hydroxylation is 1. The van der Waals surface area contributed by atoms with Crippen LogP contribution in [-0.4, -0.2) is 17.9 Å². The van der Waals surface area contributed by atoms with Crippen molar-refractivity contribution in [3.05, 3.63) is 36.1 Å². The summed E-state index contributed by atoms with van der Waals surface area (Å²) >= 11 is 0. The Balaban J connectivity index is 1.74. The number of nitrogens with zero attached hydrogens (tertiary/aromatic N) is 1. The van der Waals surface area contributed by atoms with Crippen molar-refractivity contribution in [3.63, 3.8) is 0 Å². The van der Waals surface area contributed by atoms with E-state index in [1.165, 1.54) is 12.8 Å². The van der Waals surface area contributed by atoms with Gasteiger partial charge in [0.2, 0.25) is 0 Å². The maximum Gasteiger partial charge on any atom is 0.175 e. The smallest absolute Gasteiger partial charge is 0.175 e. The molecule has 0 aliphatic carbocycles. The molecule has 1 aliphatic heterocycles. The van der Waals surface area contributed by atoms with Gasteiger partial charge >= 0.3 is 0 Å². The second-order valence-electron chi connectivity index (χ2n) is 5.26. The van der Waals surface area contributed by atoms with Gasteiger partial charge in [-0.2, -0.15) is 0 Å². The number of ether oxygens (including phenoxy) is 1. The first-order chi connectivity index (χ1) is 9.84. The van der Waals surface area contributed by atoms with Crippen LogP contribution in [0.4, 0.5) is 5.82 Å². The summed E-state index contributed by atoms with van der Waals surface area (Å²) in [6.45, 7) is 0.884. The molecule has 2 N–H and O–H groups in total. The molecule has 1 aromatic heterocycles. The van der Waals surface area contributed by atoms with Crippen molar-refractivity contribution in [1.82, 2.24) is 5.16 Å². The molecule has 2 heterocycles. The normalized spacial score (nSPS) is 19.1. The first kappa shape index (κ1) is 13.2. The molecule has 1 aliphatic rings. The summed E-state index contributed by atoms with van der Waals surface area (Å²) in [5.41, 5.74) is 7.94. The molecule has 20 heavy (non-hydrogen) atoms. The minimum Gasteiger partial charge on any atom is -0.380 e. The second kappa shape index (κ2) is 6.09. The summed E-state index contributed by atoms with van der Waals surface area (Å²) in [5.74, 6) is 1.33. The van der Waals surface area contributed by atoms with Crippen LogP contribution in [0.3, 0.4) is 0 Å². The number of anilines is 1. The Kier molecular flexibility index (Phi) is 4.02. The van der Waals surface area contributed by atoms with Gasteiger partial charge in [-0.05, 0) is 31.2 Å². The highest BCUT2D eigenvalue weighted by atomic mass is 16.5. The first-order valence-electron chi connectivity index (χ1n) is 7.25. The van der Waals surface area contributed by atoms with Crippen LogP contribution in [0.1, 0.15) is 31.4 Å². The summed E-state index contributed by atoms with van der Waals surface area (Å²) in [6.07, 6.45) is 5.71. The van der Waals surface area contributed by atoms with Crippen LogP contribution in [0.5, 0.6) is 0 Å². The van der Waals surface area contributed by atoms with E-state index in [2.05, 4.69) is 5.16 Å². The third-order valence-electron chi connectivity index (χ3n) is 3.82. The van der Waals surface area contributed by atoms with Gasteiger partial charge in [0.25, 0.3) is 0 Å². The number of hydrogen-bond donors (Lipinski definition) is 1. The third kappa shape index (κ3) is 2.85. The van der Waals surface area contributed by atoms with Crippen LogP contribution < -0.4 is 5.73 Å². The zero-order chi connectivity index (χ0) is 13.8. The molecular weight excluding hydrogens is 252 g/mol. The van der Waals surface area contributed by atoms with Crippen molar-refractivity contribution in [1.29, 1.82) is 0 Å². The number of aromatic nitrogens is 1. The first-order valence-corrected chi connectivity index (χ1v) is 7.25. The molecule has 0 spiro atoms. The molecule has 1 aromatic carbocycles. The Morgan fingerprint density at radius 1 is 1.20 bits per heavy atom. The minimum atomic E-state index is 0.346. The van der Waals surface area contributed by atoms with Gasteiger partial charge in [-0.15, -0.1) is 0 Å². The van der Waals surface area contributed by atoms with E-state index in [1.807, 2.05) is 30.3 Å². The lowest BCUT2D eigenvalue weighted by molar-refractivity contribution is 0.0106. The molecule has 0 radical (unpaired) electrons. The van der Waals surface area contributed by atoms with Crippen molar-refractivity contribution >= 4 is 5.82 Å². The van der Waals surface area contributed by atoms with E-state index in [0.29, 0.717) is 11.9 Å². The summed E-state index contributed by atoms with van der Waals surface area (Å²) < 4.78 is 11.2. The Bertz CT molecular complexity index is 545. The number of nitrogen functional groups attached to an aromatic ring is 1. The Labute approximate surface area is 118 Å². The summed E-state index contributed by atoms with van der Waals surface area (Å²) in [4.78, 5) is 0. The molecule has 106 valence electrons. The second-order valence-corrected chi connectivity index (χ2v) is 5.26. The molecule has 2 aromatic rings. The van der Waals surface area contributed by atoms with Gasteiger partial charge in [0.15, 0.2) is 5.82 Å². The quantitative estimate of drug-likeness (QED) is 0.926. The number of nitrogens with two attached hydrogens (primary N) is 1. The summed E-state index contributed by atoms with van der Waals surface area (Å²) in [5, 5.41) is 3.92. The molecule has 0 bridgehead atoms. The fourth-order valence-electron chi connectivity index (χ4n) is 2.75. The monoisotopic (exact) mass is 272 g/mol. The van der Waals surface area contributed by atoms with Crippen molar-refractivity contribution in [3.8, 4) is 11.1 Å². The largest absolute Gasteiger partial charge is 0.380 e. The molecule has 0 amide bonds. The molecule has 1 atom stereocenters. The van der Waals surface area contributed by atoms with E-state index >= 15 is 0 Å². The predicted octanol–water partition coefficient (Wildman–Crippen LogP) is 3.43. The van der Waals surface area contributed by atoms with E-state index in [0.717, 1.165) is 42.8 Å². The molecule has 1 fully saturated rings.